The van der Waals surface area contributed by atoms with E-state index in [9.17, 15) is 9.90 Å². The van der Waals surface area contributed by atoms with Crippen molar-refractivity contribution in [3.05, 3.63) is 59.2 Å². The van der Waals surface area contributed by atoms with Gasteiger partial charge in [-0.3, -0.25) is 9.69 Å². The fourth-order valence-corrected chi connectivity index (χ4v) is 4.71. The van der Waals surface area contributed by atoms with E-state index in [1.54, 1.807) is 4.90 Å². The van der Waals surface area contributed by atoms with Gasteiger partial charge in [0, 0.05) is 26.2 Å². The van der Waals surface area contributed by atoms with Gasteiger partial charge in [0.2, 0.25) is 0 Å². The number of ether oxygens (including phenoxy) is 3. The highest BCUT2D eigenvalue weighted by Gasteiger charge is 2.31. The van der Waals surface area contributed by atoms with Gasteiger partial charge in [0.1, 0.15) is 18.1 Å². The smallest absolute Gasteiger partial charge is 0.260 e. The molecule has 7 nitrogen and oxygen atoms in total. The van der Waals surface area contributed by atoms with Crippen molar-refractivity contribution in [3.8, 4) is 11.5 Å². The molecule has 2 aromatic rings. The van der Waals surface area contributed by atoms with E-state index in [0.717, 1.165) is 43.8 Å². The molecule has 35 heavy (non-hydrogen) atoms. The molecule has 190 valence electrons. The summed E-state index contributed by atoms with van der Waals surface area (Å²) in [6, 6.07) is 14.1. The summed E-state index contributed by atoms with van der Waals surface area (Å²) in [4.78, 5) is 16.4. The third-order valence-corrected chi connectivity index (χ3v) is 6.89. The van der Waals surface area contributed by atoms with E-state index < -0.39 is 5.60 Å². The predicted molar refractivity (Wildman–Crippen MR) is 135 cm³/mol. The lowest BCUT2D eigenvalue weighted by Gasteiger charge is -2.27. The first-order valence-electron chi connectivity index (χ1n) is 12.6. The summed E-state index contributed by atoms with van der Waals surface area (Å²) in [7, 11) is 0. The first-order chi connectivity index (χ1) is 16.9. The average Bonchev–Trinajstić information content (AvgIpc) is 3.05. The van der Waals surface area contributed by atoms with Crippen molar-refractivity contribution in [2.75, 3.05) is 52.6 Å². The first-order valence-corrected chi connectivity index (χ1v) is 12.6. The molecule has 2 aliphatic heterocycles. The minimum Gasteiger partial charge on any atom is -0.490 e. The summed E-state index contributed by atoms with van der Waals surface area (Å²) in [5.74, 6) is 1.54. The van der Waals surface area contributed by atoms with Crippen LogP contribution in [-0.4, -0.2) is 79.0 Å². The van der Waals surface area contributed by atoms with E-state index >= 15 is 0 Å². The first kappa shape index (κ1) is 25.5. The van der Waals surface area contributed by atoms with E-state index in [0.29, 0.717) is 45.1 Å². The second-order valence-corrected chi connectivity index (χ2v) is 9.84. The van der Waals surface area contributed by atoms with Crippen LogP contribution in [0.5, 0.6) is 11.5 Å². The van der Waals surface area contributed by atoms with Crippen LogP contribution in [0.4, 0.5) is 0 Å². The van der Waals surface area contributed by atoms with Gasteiger partial charge in [-0.05, 0) is 69.0 Å². The monoisotopic (exact) mass is 482 g/mol. The molecule has 1 unspecified atom stereocenters. The van der Waals surface area contributed by atoms with Crippen molar-refractivity contribution in [1.82, 2.24) is 9.80 Å². The SMILES string of the molecule is Cc1ccc(OCC2(O)CCCN(Cc3ccc(OCC(=O)N4CCOCC4)cc3)CC2)c(C)c1. The summed E-state index contributed by atoms with van der Waals surface area (Å²) in [6.07, 6.45) is 2.35. The average molecular weight is 483 g/mol. The molecule has 2 fully saturated rings. The summed E-state index contributed by atoms with van der Waals surface area (Å²) in [6.45, 7) is 9.50. The number of rotatable bonds is 8. The molecule has 1 amide bonds. The number of morpholine rings is 1. The molecule has 1 N–H and O–H groups in total. The molecule has 0 saturated carbocycles. The van der Waals surface area contributed by atoms with Crippen LogP contribution in [0, 0.1) is 13.8 Å². The number of nitrogens with zero attached hydrogens (tertiary/aromatic N) is 2. The zero-order chi connectivity index (χ0) is 24.7. The minimum absolute atomic E-state index is 0.00375. The summed E-state index contributed by atoms with van der Waals surface area (Å²) in [5.41, 5.74) is 2.69. The van der Waals surface area contributed by atoms with Crippen molar-refractivity contribution in [3.63, 3.8) is 0 Å². The molecule has 2 heterocycles. The van der Waals surface area contributed by atoms with Crippen molar-refractivity contribution in [2.45, 2.75) is 45.3 Å². The number of carbonyl (C=O) groups excluding carboxylic acids is 1. The van der Waals surface area contributed by atoms with Crippen LogP contribution in [0.1, 0.15) is 36.0 Å². The zero-order valence-electron chi connectivity index (χ0n) is 21.0. The maximum absolute atomic E-state index is 12.3. The Labute approximate surface area is 208 Å². The number of aryl methyl sites for hydroxylation is 2. The summed E-state index contributed by atoms with van der Waals surface area (Å²) >= 11 is 0. The fraction of sp³-hybridized carbons (Fsp3) is 0.536. The van der Waals surface area contributed by atoms with Gasteiger partial charge in [0.25, 0.3) is 5.91 Å². The van der Waals surface area contributed by atoms with Gasteiger partial charge in [-0.2, -0.15) is 0 Å². The number of amides is 1. The number of aliphatic hydroxyl groups is 1. The molecular formula is C28H38N2O5. The van der Waals surface area contributed by atoms with E-state index in [4.69, 9.17) is 14.2 Å². The van der Waals surface area contributed by atoms with Crippen molar-refractivity contribution in [1.29, 1.82) is 0 Å². The fourth-order valence-electron chi connectivity index (χ4n) is 4.71. The molecule has 4 rings (SSSR count). The second kappa shape index (κ2) is 11.9. The molecular weight excluding hydrogens is 444 g/mol. The molecule has 0 spiro atoms. The topological polar surface area (TPSA) is 71.5 Å². The summed E-state index contributed by atoms with van der Waals surface area (Å²) < 4.78 is 17.0. The Kier molecular flexibility index (Phi) is 8.65. The normalized spacial score (nSPS) is 21.4. The largest absolute Gasteiger partial charge is 0.490 e. The van der Waals surface area contributed by atoms with Gasteiger partial charge in [0.15, 0.2) is 6.61 Å². The Morgan fingerprint density at radius 1 is 1.00 bits per heavy atom. The van der Waals surface area contributed by atoms with Gasteiger partial charge in [-0.1, -0.05) is 29.8 Å². The molecule has 0 aliphatic carbocycles. The van der Waals surface area contributed by atoms with Gasteiger partial charge >= 0.3 is 0 Å². The highest BCUT2D eigenvalue weighted by molar-refractivity contribution is 5.77. The number of carbonyl (C=O) groups is 1. The number of benzene rings is 2. The Hall–Kier alpha value is -2.61. The second-order valence-electron chi connectivity index (χ2n) is 9.84. The molecule has 2 saturated heterocycles. The standard InChI is InChI=1S/C28H38N2O5/c1-22-4-9-26(23(2)18-22)35-21-28(32)10-3-12-29(13-11-28)19-24-5-7-25(8-6-24)34-20-27(31)30-14-16-33-17-15-30/h4-9,18,32H,3,10-17,19-21H2,1-2H3. The van der Waals surface area contributed by atoms with E-state index in [1.807, 2.05) is 31.2 Å². The van der Waals surface area contributed by atoms with E-state index in [2.05, 4.69) is 30.0 Å². The van der Waals surface area contributed by atoms with Crippen LogP contribution in [0.3, 0.4) is 0 Å². The van der Waals surface area contributed by atoms with Crippen LogP contribution in [-0.2, 0) is 16.1 Å². The minimum atomic E-state index is -0.809. The lowest BCUT2D eigenvalue weighted by Crippen LogP contribution is -2.42. The lowest BCUT2D eigenvalue weighted by atomic mass is 9.96. The zero-order valence-corrected chi connectivity index (χ0v) is 21.0. The van der Waals surface area contributed by atoms with Crippen LogP contribution in [0.25, 0.3) is 0 Å². The molecule has 2 aliphatic rings. The number of likely N-dealkylation sites (tertiary alicyclic amines) is 1. The van der Waals surface area contributed by atoms with Gasteiger partial charge in [0.05, 0.1) is 18.8 Å². The van der Waals surface area contributed by atoms with Gasteiger partial charge in [-0.15, -0.1) is 0 Å². The highest BCUT2D eigenvalue weighted by Crippen LogP contribution is 2.27. The Bertz CT molecular complexity index is 974. The molecule has 7 heteroatoms. The van der Waals surface area contributed by atoms with Crippen molar-refractivity contribution < 1.29 is 24.1 Å². The molecule has 2 aromatic carbocycles. The number of hydrogen-bond donors (Lipinski definition) is 1. The molecule has 0 radical (unpaired) electrons. The van der Waals surface area contributed by atoms with Gasteiger partial charge in [-0.25, -0.2) is 0 Å². The predicted octanol–water partition coefficient (Wildman–Crippen LogP) is 3.34. The number of hydrogen-bond acceptors (Lipinski definition) is 6. The Balaban J connectivity index is 1.22. The van der Waals surface area contributed by atoms with Gasteiger partial charge < -0.3 is 24.2 Å². The Morgan fingerprint density at radius 2 is 1.77 bits per heavy atom. The molecule has 0 aromatic heterocycles. The van der Waals surface area contributed by atoms with Crippen LogP contribution in [0.2, 0.25) is 0 Å². The Morgan fingerprint density at radius 3 is 2.51 bits per heavy atom. The maximum atomic E-state index is 12.3. The maximum Gasteiger partial charge on any atom is 0.260 e. The molecule has 0 bridgehead atoms. The van der Waals surface area contributed by atoms with Crippen LogP contribution < -0.4 is 9.47 Å². The summed E-state index contributed by atoms with van der Waals surface area (Å²) in [5, 5.41) is 11.2. The highest BCUT2D eigenvalue weighted by atomic mass is 16.5. The quantitative estimate of drug-likeness (QED) is 0.622. The van der Waals surface area contributed by atoms with Crippen molar-refractivity contribution >= 4 is 5.91 Å². The third-order valence-electron chi connectivity index (χ3n) is 6.89. The van der Waals surface area contributed by atoms with E-state index in [-0.39, 0.29) is 12.5 Å². The molecule has 1 atom stereocenters. The van der Waals surface area contributed by atoms with Crippen molar-refractivity contribution in [2.24, 2.45) is 0 Å². The van der Waals surface area contributed by atoms with E-state index in [1.165, 1.54) is 11.1 Å². The third kappa shape index (κ3) is 7.43. The van der Waals surface area contributed by atoms with Crippen LogP contribution >= 0.6 is 0 Å². The lowest BCUT2D eigenvalue weighted by molar-refractivity contribution is -0.137. The van der Waals surface area contributed by atoms with Crippen LogP contribution in [0.15, 0.2) is 42.5 Å².